The number of hydrogen-bond acceptors (Lipinski definition) is 2. The van der Waals surface area contributed by atoms with E-state index < -0.39 is 0 Å². The lowest BCUT2D eigenvalue weighted by atomic mass is 10.0. The Morgan fingerprint density at radius 2 is 1.83 bits per heavy atom. The summed E-state index contributed by atoms with van der Waals surface area (Å²) in [5, 5.41) is 9.02. The molecular formula is C21H15N3. The molecule has 3 nitrogen and oxygen atoms in total. The highest BCUT2D eigenvalue weighted by atomic mass is 15.0. The Labute approximate surface area is 140 Å². The molecule has 3 heteroatoms. The van der Waals surface area contributed by atoms with Crippen LogP contribution in [0.3, 0.4) is 0 Å². The summed E-state index contributed by atoms with van der Waals surface area (Å²) < 4.78 is 2.05. The fraction of sp³-hybridized carbons (Fsp3) is 0.0476. The molecule has 0 aliphatic carbocycles. The first-order valence-corrected chi connectivity index (χ1v) is 7.80. The van der Waals surface area contributed by atoms with Gasteiger partial charge in [-0.05, 0) is 53.9 Å². The van der Waals surface area contributed by atoms with Gasteiger partial charge in [0.1, 0.15) is 6.33 Å². The lowest BCUT2D eigenvalue weighted by molar-refractivity contribution is 1.09. The molecule has 0 bridgehead atoms. The van der Waals surface area contributed by atoms with Crippen LogP contribution in [-0.2, 0) is 0 Å². The summed E-state index contributed by atoms with van der Waals surface area (Å²) >= 11 is 0. The summed E-state index contributed by atoms with van der Waals surface area (Å²) in [7, 11) is 0. The van der Waals surface area contributed by atoms with Gasteiger partial charge < -0.3 is 0 Å². The van der Waals surface area contributed by atoms with Crippen LogP contribution in [0.4, 0.5) is 0 Å². The summed E-state index contributed by atoms with van der Waals surface area (Å²) in [5.74, 6) is 0. The van der Waals surface area contributed by atoms with Gasteiger partial charge >= 0.3 is 0 Å². The first kappa shape index (κ1) is 14.2. The van der Waals surface area contributed by atoms with Crippen molar-refractivity contribution in [3.8, 4) is 22.9 Å². The van der Waals surface area contributed by atoms with Gasteiger partial charge in [-0.3, -0.25) is 4.57 Å². The number of aromatic nitrogens is 2. The van der Waals surface area contributed by atoms with Crippen molar-refractivity contribution in [2.75, 3.05) is 0 Å². The molecule has 114 valence electrons. The molecule has 24 heavy (non-hydrogen) atoms. The van der Waals surface area contributed by atoms with Gasteiger partial charge in [-0.2, -0.15) is 5.26 Å². The van der Waals surface area contributed by atoms with E-state index in [0.29, 0.717) is 5.56 Å². The Hall–Kier alpha value is -3.38. The van der Waals surface area contributed by atoms with E-state index in [2.05, 4.69) is 71.1 Å². The molecule has 0 fully saturated rings. The van der Waals surface area contributed by atoms with Crippen molar-refractivity contribution in [3.63, 3.8) is 0 Å². The van der Waals surface area contributed by atoms with Crippen molar-refractivity contribution in [2.45, 2.75) is 6.92 Å². The van der Waals surface area contributed by atoms with E-state index in [1.165, 1.54) is 16.7 Å². The van der Waals surface area contributed by atoms with E-state index in [9.17, 15) is 0 Å². The average molecular weight is 309 g/mol. The number of aryl methyl sites for hydroxylation is 1. The third-order valence-corrected chi connectivity index (χ3v) is 4.26. The third-order valence-electron chi connectivity index (χ3n) is 4.26. The zero-order chi connectivity index (χ0) is 16.5. The zero-order valence-electron chi connectivity index (χ0n) is 13.3. The number of rotatable bonds is 2. The number of benzene rings is 3. The lowest BCUT2D eigenvalue weighted by Gasteiger charge is -2.09. The van der Waals surface area contributed by atoms with Crippen LogP contribution in [0.5, 0.6) is 0 Å². The van der Waals surface area contributed by atoms with E-state index in [1.54, 1.807) is 0 Å². The third kappa shape index (κ3) is 2.35. The van der Waals surface area contributed by atoms with Crippen molar-refractivity contribution >= 4 is 11.0 Å². The van der Waals surface area contributed by atoms with Crippen molar-refractivity contribution < 1.29 is 0 Å². The summed E-state index contributed by atoms with van der Waals surface area (Å²) in [6.45, 7) is 2.12. The highest BCUT2D eigenvalue weighted by Crippen LogP contribution is 2.26. The van der Waals surface area contributed by atoms with Crippen LogP contribution in [0.15, 0.2) is 73.1 Å². The molecular weight excluding hydrogens is 294 g/mol. The number of imidazole rings is 1. The molecule has 0 spiro atoms. The SMILES string of the molecule is Cc1ccccc1-c1cccc(-n2cnc3cc(C#N)ccc32)c1. The molecule has 0 atom stereocenters. The maximum absolute atomic E-state index is 9.02. The van der Waals surface area contributed by atoms with Crippen molar-refractivity contribution in [1.29, 1.82) is 5.26 Å². The summed E-state index contributed by atoms with van der Waals surface area (Å²) in [5.41, 5.74) is 7.18. The molecule has 0 radical (unpaired) electrons. The summed E-state index contributed by atoms with van der Waals surface area (Å²) in [4.78, 5) is 4.44. The normalized spacial score (nSPS) is 10.7. The second-order valence-electron chi connectivity index (χ2n) is 5.80. The smallest absolute Gasteiger partial charge is 0.100 e. The van der Waals surface area contributed by atoms with E-state index in [-0.39, 0.29) is 0 Å². The highest BCUT2D eigenvalue weighted by Gasteiger charge is 2.07. The van der Waals surface area contributed by atoms with Gasteiger partial charge in [0.15, 0.2) is 0 Å². The van der Waals surface area contributed by atoms with Gasteiger partial charge in [0.05, 0.1) is 22.7 Å². The van der Waals surface area contributed by atoms with Crippen LogP contribution in [0.2, 0.25) is 0 Å². The van der Waals surface area contributed by atoms with E-state index in [0.717, 1.165) is 16.7 Å². The quantitative estimate of drug-likeness (QED) is 0.530. The highest BCUT2D eigenvalue weighted by molar-refractivity contribution is 5.79. The van der Waals surface area contributed by atoms with E-state index >= 15 is 0 Å². The molecule has 0 saturated carbocycles. The molecule has 0 aliphatic rings. The van der Waals surface area contributed by atoms with Gasteiger partial charge in [0.25, 0.3) is 0 Å². The minimum atomic E-state index is 0.626. The van der Waals surface area contributed by atoms with Crippen molar-refractivity contribution in [2.24, 2.45) is 0 Å². The first-order chi connectivity index (χ1) is 11.8. The Bertz CT molecular complexity index is 1080. The van der Waals surface area contributed by atoms with Gasteiger partial charge in [-0.15, -0.1) is 0 Å². The molecule has 4 rings (SSSR count). The van der Waals surface area contributed by atoms with Crippen LogP contribution in [0.1, 0.15) is 11.1 Å². The molecule has 0 unspecified atom stereocenters. The Balaban J connectivity index is 1.85. The topological polar surface area (TPSA) is 41.6 Å². The summed E-state index contributed by atoms with van der Waals surface area (Å²) in [6, 6.07) is 24.5. The second-order valence-corrected chi connectivity index (χ2v) is 5.80. The van der Waals surface area contributed by atoms with Crippen LogP contribution in [0.25, 0.3) is 27.8 Å². The lowest BCUT2D eigenvalue weighted by Crippen LogP contribution is -1.93. The van der Waals surface area contributed by atoms with Crippen LogP contribution in [0, 0.1) is 18.3 Å². The average Bonchev–Trinajstić information content (AvgIpc) is 3.05. The molecule has 1 aromatic heterocycles. The zero-order valence-corrected chi connectivity index (χ0v) is 13.3. The standard InChI is InChI=1S/C21H15N3/c1-15-5-2-3-8-19(15)17-6-4-7-18(12-17)24-14-23-20-11-16(13-22)9-10-21(20)24/h2-12,14H,1H3. The molecule has 3 aromatic carbocycles. The predicted molar refractivity (Wildman–Crippen MR) is 96.0 cm³/mol. The van der Waals surface area contributed by atoms with Gasteiger partial charge in [-0.1, -0.05) is 36.4 Å². The Morgan fingerprint density at radius 1 is 0.958 bits per heavy atom. The number of nitrogens with zero attached hydrogens (tertiary/aromatic N) is 3. The minimum absolute atomic E-state index is 0.626. The largest absolute Gasteiger partial charge is 0.299 e. The van der Waals surface area contributed by atoms with Crippen molar-refractivity contribution in [1.82, 2.24) is 9.55 Å². The predicted octanol–water partition coefficient (Wildman–Crippen LogP) is 4.87. The monoisotopic (exact) mass is 309 g/mol. The van der Waals surface area contributed by atoms with Gasteiger partial charge in [0.2, 0.25) is 0 Å². The maximum atomic E-state index is 9.02. The second kappa shape index (κ2) is 5.68. The molecule has 4 aromatic rings. The molecule has 0 amide bonds. The van der Waals surface area contributed by atoms with Gasteiger partial charge in [-0.25, -0.2) is 4.98 Å². The maximum Gasteiger partial charge on any atom is 0.100 e. The Morgan fingerprint density at radius 3 is 2.67 bits per heavy atom. The number of nitriles is 1. The molecule has 1 heterocycles. The van der Waals surface area contributed by atoms with Crippen LogP contribution in [-0.4, -0.2) is 9.55 Å². The fourth-order valence-electron chi connectivity index (χ4n) is 3.01. The summed E-state index contributed by atoms with van der Waals surface area (Å²) in [6.07, 6.45) is 1.81. The van der Waals surface area contributed by atoms with E-state index in [4.69, 9.17) is 5.26 Å². The molecule has 0 saturated heterocycles. The first-order valence-electron chi connectivity index (χ1n) is 7.80. The Kier molecular flexibility index (Phi) is 3.36. The number of hydrogen-bond donors (Lipinski definition) is 0. The number of fused-ring (bicyclic) bond motifs is 1. The fourth-order valence-corrected chi connectivity index (χ4v) is 3.01. The van der Waals surface area contributed by atoms with Gasteiger partial charge in [0, 0.05) is 5.69 Å². The van der Waals surface area contributed by atoms with Crippen molar-refractivity contribution in [3.05, 3.63) is 84.2 Å². The van der Waals surface area contributed by atoms with Crippen LogP contribution >= 0.6 is 0 Å². The van der Waals surface area contributed by atoms with E-state index in [1.807, 2.05) is 24.5 Å². The van der Waals surface area contributed by atoms with Crippen LogP contribution < -0.4 is 0 Å². The molecule has 0 N–H and O–H groups in total. The molecule has 0 aliphatic heterocycles. The minimum Gasteiger partial charge on any atom is -0.299 e.